The summed E-state index contributed by atoms with van der Waals surface area (Å²) in [6.07, 6.45) is 0.955. The zero-order chi connectivity index (χ0) is 30.1. The molecule has 5 nitrogen and oxygen atoms in total. The maximum absolute atomic E-state index is 13.3. The molecule has 0 radical (unpaired) electrons. The predicted octanol–water partition coefficient (Wildman–Crippen LogP) is 8.19. The van der Waals surface area contributed by atoms with E-state index < -0.39 is 0 Å². The molecule has 0 unspecified atom stereocenters. The summed E-state index contributed by atoms with van der Waals surface area (Å²) in [6, 6.07) is 22.9. The van der Waals surface area contributed by atoms with E-state index in [-0.39, 0.29) is 17.5 Å². The Balaban J connectivity index is 0.000000352. The minimum atomic E-state index is -0.0192. The molecule has 1 heterocycles. The number of Topliss-reactive ketones (excluding diaryl/α,β-unsaturated/α-hetero) is 1. The van der Waals surface area contributed by atoms with Crippen molar-refractivity contribution >= 4 is 17.0 Å². The van der Waals surface area contributed by atoms with Gasteiger partial charge in [-0.2, -0.15) is 0 Å². The predicted molar refractivity (Wildman–Crippen MR) is 172 cm³/mol. The van der Waals surface area contributed by atoms with Gasteiger partial charge in [-0.3, -0.25) is 9.69 Å². The monoisotopic (exact) mass is 556 g/mol. The molecular formula is C36H48N2O3. The Morgan fingerprint density at radius 1 is 0.902 bits per heavy atom. The fraction of sp³-hybridized carbons (Fsp3) is 0.417. The maximum atomic E-state index is 13.3. The third-order valence-corrected chi connectivity index (χ3v) is 8.10. The standard InChI is InChI=1S/C27H36N2O.C9H12O2/c1-19(2)21(5)24-13-10-14-25(26(24)27(30)20(3)4)29-17-15-28(16-18-29)22(6)23-11-8-7-9-12-23;1-3-7-4-5-8(10)9(6-7)11-2/h7-14,20,22H,15-18H2,1-6H3;4-6,10H,3H2,1-2H3/t22-;/m1./s1. The summed E-state index contributed by atoms with van der Waals surface area (Å²) < 4.78 is 4.94. The van der Waals surface area contributed by atoms with Crippen LogP contribution in [0.5, 0.6) is 11.5 Å². The van der Waals surface area contributed by atoms with E-state index in [0.717, 1.165) is 49.4 Å². The highest BCUT2D eigenvalue weighted by Gasteiger charge is 2.27. The number of methoxy groups -OCH3 is 1. The molecule has 1 aliphatic rings. The van der Waals surface area contributed by atoms with Crippen molar-refractivity contribution < 1.29 is 14.6 Å². The number of carbonyl (C=O) groups is 1. The molecule has 1 aliphatic heterocycles. The summed E-state index contributed by atoms with van der Waals surface area (Å²) in [6.45, 7) is 18.6. The molecule has 3 aromatic rings. The van der Waals surface area contributed by atoms with Crippen molar-refractivity contribution in [1.82, 2.24) is 4.90 Å². The van der Waals surface area contributed by atoms with Crippen LogP contribution in [0.1, 0.15) is 81.6 Å². The Hall–Kier alpha value is -3.57. The molecule has 0 aromatic heterocycles. The van der Waals surface area contributed by atoms with E-state index in [9.17, 15) is 9.90 Å². The smallest absolute Gasteiger partial charge is 0.168 e. The highest BCUT2D eigenvalue weighted by atomic mass is 16.5. The topological polar surface area (TPSA) is 53.0 Å². The van der Waals surface area contributed by atoms with Gasteiger partial charge in [-0.1, -0.05) is 74.9 Å². The summed E-state index contributed by atoms with van der Waals surface area (Å²) in [5.41, 5.74) is 8.08. The van der Waals surface area contributed by atoms with Crippen molar-refractivity contribution in [3.8, 4) is 11.5 Å². The Bertz CT molecular complexity index is 1320. The molecule has 3 aromatic carbocycles. The molecule has 0 saturated carbocycles. The zero-order valence-electron chi connectivity index (χ0n) is 26.2. The van der Waals surface area contributed by atoms with Gasteiger partial charge in [0.05, 0.1) is 7.11 Å². The van der Waals surface area contributed by atoms with Crippen LogP contribution < -0.4 is 9.64 Å². The van der Waals surface area contributed by atoms with E-state index in [1.165, 1.54) is 22.3 Å². The summed E-state index contributed by atoms with van der Waals surface area (Å²) in [5, 5.41) is 9.21. The van der Waals surface area contributed by atoms with Gasteiger partial charge in [0, 0.05) is 49.4 Å². The lowest BCUT2D eigenvalue weighted by molar-refractivity contribution is 0.0939. The van der Waals surface area contributed by atoms with Crippen LogP contribution in [0.4, 0.5) is 5.69 Å². The second-order valence-electron chi connectivity index (χ2n) is 11.3. The number of aryl methyl sites for hydroxylation is 1. The molecule has 41 heavy (non-hydrogen) atoms. The molecule has 0 spiro atoms. The van der Waals surface area contributed by atoms with E-state index in [1.807, 2.05) is 26.0 Å². The van der Waals surface area contributed by atoms with Gasteiger partial charge in [-0.25, -0.2) is 0 Å². The molecule has 1 fully saturated rings. The van der Waals surface area contributed by atoms with Crippen LogP contribution in [0.3, 0.4) is 0 Å². The normalized spacial score (nSPS) is 14.2. The van der Waals surface area contributed by atoms with Crippen LogP contribution in [0, 0.1) is 5.92 Å². The van der Waals surface area contributed by atoms with E-state index in [1.54, 1.807) is 13.2 Å². The van der Waals surface area contributed by atoms with Gasteiger partial charge in [-0.05, 0) is 74.6 Å². The largest absolute Gasteiger partial charge is 0.504 e. The Labute approximate surface area is 247 Å². The van der Waals surface area contributed by atoms with Gasteiger partial charge < -0.3 is 14.7 Å². The van der Waals surface area contributed by atoms with Crippen molar-refractivity contribution in [2.24, 2.45) is 5.92 Å². The lowest BCUT2D eigenvalue weighted by Crippen LogP contribution is -2.47. The summed E-state index contributed by atoms with van der Waals surface area (Å²) in [5.74, 6) is 0.963. The molecule has 1 saturated heterocycles. The molecule has 0 aliphatic carbocycles. The first kappa shape index (κ1) is 32.0. The van der Waals surface area contributed by atoms with Crippen LogP contribution in [-0.2, 0) is 6.42 Å². The fourth-order valence-electron chi connectivity index (χ4n) is 5.17. The number of rotatable bonds is 8. The summed E-state index contributed by atoms with van der Waals surface area (Å²) >= 11 is 0. The highest BCUT2D eigenvalue weighted by Crippen LogP contribution is 2.33. The van der Waals surface area contributed by atoms with Crippen molar-refractivity contribution in [3.05, 3.63) is 94.6 Å². The van der Waals surface area contributed by atoms with Gasteiger partial charge in [-0.15, -0.1) is 0 Å². The number of ether oxygens (including phenoxy) is 1. The molecule has 220 valence electrons. The van der Waals surface area contributed by atoms with E-state index >= 15 is 0 Å². The molecular weight excluding hydrogens is 508 g/mol. The molecule has 0 amide bonds. The van der Waals surface area contributed by atoms with Gasteiger partial charge in [0.15, 0.2) is 17.3 Å². The SMILES string of the molecule is CC(C)=C(C)c1cccc(N2CCN([C@H](C)c3ccccc3)CC2)c1C(=O)C(C)C.CCc1ccc(O)c(OC)c1. The van der Waals surface area contributed by atoms with Crippen LogP contribution >= 0.6 is 0 Å². The second kappa shape index (κ2) is 14.9. The minimum Gasteiger partial charge on any atom is -0.504 e. The molecule has 1 atom stereocenters. The first-order valence-corrected chi connectivity index (χ1v) is 14.8. The van der Waals surface area contributed by atoms with E-state index in [4.69, 9.17) is 4.74 Å². The Morgan fingerprint density at radius 2 is 1.56 bits per heavy atom. The van der Waals surface area contributed by atoms with Gasteiger partial charge in [0.25, 0.3) is 0 Å². The number of carbonyl (C=O) groups excluding carboxylic acids is 1. The third-order valence-electron chi connectivity index (χ3n) is 8.10. The van der Waals surface area contributed by atoms with Crippen molar-refractivity contribution in [2.45, 2.75) is 60.9 Å². The first-order chi connectivity index (χ1) is 19.6. The molecule has 4 rings (SSSR count). The van der Waals surface area contributed by atoms with Crippen LogP contribution in [0.15, 0.2) is 72.3 Å². The maximum Gasteiger partial charge on any atom is 0.168 e. The van der Waals surface area contributed by atoms with Gasteiger partial charge in [0.2, 0.25) is 0 Å². The Kier molecular flexibility index (Phi) is 11.6. The van der Waals surface area contributed by atoms with Gasteiger partial charge in [0.1, 0.15) is 0 Å². The number of ketones is 1. The number of anilines is 1. The van der Waals surface area contributed by atoms with E-state index in [0.29, 0.717) is 11.8 Å². The average molecular weight is 557 g/mol. The summed E-state index contributed by atoms with van der Waals surface area (Å²) in [4.78, 5) is 18.2. The third kappa shape index (κ3) is 8.01. The van der Waals surface area contributed by atoms with Crippen molar-refractivity contribution in [2.75, 3.05) is 38.2 Å². The number of piperazine rings is 1. The van der Waals surface area contributed by atoms with Crippen LogP contribution in [-0.4, -0.2) is 49.1 Å². The van der Waals surface area contributed by atoms with E-state index in [2.05, 4.69) is 92.9 Å². The number of nitrogens with zero attached hydrogens (tertiary/aromatic N) is 2. The number of benzene rings is 3. The Morgan fingerprint density at radius 3 is 2.12 bits per heavy atom. The first-order valence-electron chi connectivity index (χ1n) is 14.8. The number of phenols is 1. The molecule has 1 N–H and O–H groups in total. The van der Waals surface area contributed by atoms with Gasteiger partial charge >= 0.3 is 0 Å². The zero-order valence-corrected chi connectivity index (χ0v) is 26.2. The number of hydrogen-bond acceptors (Lipinski definition) is 5. The fourth-order valence-corrected chi connectivity index (χ4v) is 5.17. The summed E-state index contributed by atoms with van der Waals surface area (Å²) in [7, 11) is 1.55. The lowest BCUT2D eigenvalue weighted by atomic mass is 9.89. The minimum absolute atomic E-state index is 0.0192. The van der Waals surface area contributed by atoms with Crippen molar-refractivity contribution in [3.63, 3.8) is 0 Å². The number of allylic oxidation sites excluding steroid dienone is 2. The highest BCUT2D eigenvalue weighted by molar-refractivity contribution is 6.06. The van der Waals surface area contributed by atoms with Crippen molar-refractivity contribution in [1.29, 1.82) is 0 Å². The number of phenolic OH excluding ortho intramolecular Hbond substituents is 1. The molecule has 5 heteroatoms. The number of hydrogen-bond donors (Lipinski definition) is 1. The van der Waals surface area contributed by atoms with Crippen LogP contribution in [0.25, 0.3) is 5.57 Å². The lowest BCUT2D eigenvalue weighted by Gasteiger charge is -2.40. The average Bonchev–Trinajstić information content (AvgIpc) is 3.00. The van der Waals surface area contributed by atoms with Crippen LogP contribution in [0.2, 0.25) is 0 Å². The molecule has 0 bridgehead atoms. The number of aromatic hydroxyl groups is 1. The quantitative estimate of drug-likeness (QED) is 0.284. The second-order valence-corrected chi connectivity index (χ2v) is 11.3.